The number of nitrogens with two attached hydrogens (primary N) is 1. The van der Waals surface area contributed by atoms with Gasteiger partial charge >= 0.3 is 5.97 Å². The highest BCUT2D eigenvalue weighted by Gasteiger charge is 2.16. The van der Waals surface area contributed by atoms with E-state index in [9.17, 15) is 9.59 Å². The third-order valence-electron chi connectivity index (χ3n) is 5.13. The molecule has 1 amide bonds. The monoisotopic (exact) mass is 418 g/mol. The predicted molar refractivity (Wildman–Crippen MR) is 118 cm³/mol. The lowest BCUT2D eigenvalue weighted by Gasteiger charge is -2.18. The van der Waals surface area contributed by atoms with Crippen molar-refractivity contribution in [3.63, 3.8) is 0 Å². The Bertz CT molecular complexity index is 1170. The summed E-state index contributed by atoms with van der Waals surface area (Å²) < 4.78 is 2.04. The van der Waals surface area contributed by atoms with Crippen LogP contribution >= 0.6 is 0 Å². The third kappa shape index (κ3) is 4.12. The minimum absolute atomic E-state index is 0.0216. The Balaban J connectivity index is 1.77. The molecule has 3 aromatic rings. The van der Waals surface area contributed by atoms with E-state index in [2.05, 4.69) is 16.2 Å². The molecule has 0 bridgehead atoms. The van der Waals surface area contributed by atoms with Gasteiger partial charge in [0, 0.05) is 16.9 Å². The van der Waals surface area contributed by atoms with Gasteiger partial charge in [-0.3, -0.25) is 9.59 Å². The van der Waals surface area contributed by atoms with Gasteiger partial charge in [0.05, 0.1) is 17.8 Å². The number of carboxylic acids is 1. The van der Waals surface area contributed by atoms with Crippen LogP contribution in [0, 0.1) is 6.92 Å². The quantitative estimate of drug-likeness (QED) is 0.467. The first-order valence-electron chi connectivity index (χ1n) is 9.71. The van der Waals surface area contributed by atoms with E-state index in [1.165, 1.54) is 0 Å². The second-order valence-electron chi connectivity index (χ2n) is 7.19. The molecule has 9 nitrogen and oxygen atoms in total. The van der Waals surface area contributed by atoms with Crippen LogP contribution in [0.1, 0.15) is 28.0 Å². The van der Waals surface area contributed by atoms with E-state index in [0.29, 0.717) is 12.0 Å². The van der Waals surface area contributed by atoms with E-state index in [0.717, 1.165) is 33.9 Å². The van der Waals surface area contributed by atoms with Crippen molar-refractivity contribution in [2.75, 3.05) is 5.01 Å². The van der Waals surface area contributed by atoms with Crippen molar-refractivity contribution in [1.82, 2.24) is 15.6 Å². The number of primary amides is 1. The minimum Gasteiger partial charge on any atom is -0.481 e. The maximum Gasteiger partial charge on any atom is 0.303 e. The number of amides is 1. The zero-order valence-corrected chi connectivity index (χ0v) is 16.9. The molecule has 1 aliphatic heterocycles. The predicted octanol–water partition coefficient (Wildman–Crippen LogP) is 2.34. The molecule has 1 aromatic heterocycles. The highest BCUT2D eigenvalue weighted by atomic mass is 16.4. The fourth-order valence-corrected chi connectivity index (χ4v) is 3.60. The summed E-state index contributed by atoms with van der Waals surface area (Å²) in [4.78, 5) is 22.7. The van der Waals surface area contributed by atoms with E-state index in [1.54, 1.807) is 23.5 Å². The first-order valence-corrected chi connectivity index (χ1v) is 9.71. The molecule has 0 aliphatic carbocycles. The van der Waals surface area contributed by atoms with Crippen LogP contribution in [0.15, 0.2) is 59.7 Å². The number of aryl methyl sites for hydroxylation is 2. The second-order valence-corrected chi connectivity index (χ2v) is 7.19. The number of aromatic nitrogens is 1. The summed E-state index contributed by atoms with van der Waals surface area (Å²) in [5.41, 5.74) is 16.8. The minimum atomic E-state index is -0.854. The second kappa shape index (κ2) is 8.33. The molecule has 1 aliphatic rings. The molecule has 0 atom stereocenters. The van der Waals surface area contributed by atoms with Crippen LogP contribution in [-0.4, -0.2) is 27.9 Å². The summed E-state index contributed by atoms with van der Waals surface area (Å²) in [6.45, 7) is 1.90. The molecule has 4 rings (SSSR count). The summed E-state index contributed by atoms with van der Waals surface area (Å²) in [5.74, 6) is -1.34. The molecule has 0 radical (unpaired) electrons. The Hall–Kier alpha value is -4.11. The maximum absolute atomic E-state index is 11.6. The Kier molecular flexibility index (Phi) is 5.42. The van der Waals surface area contributed by atoms with Crippen molar-refractivity contribution in [1.29, 1.82) is 0 Å². The number of hydrazone groups is 1. The topological polar surface area (TPSA) is 125 Å². The van der Waals surface area contributed by atoms with Crippen LogP contribution in [0.25, 0.3) is 16.9 Å². The first-order chi connectivity index (χ1) is 14.9. The van der Waals surface area contributed by atoms with Gasteiger partial charge in [-0.1, -0.05) is 12.1 Å². The van der Waals surface area contributed by atoms with Crippen LogP contribution in [0.3, 0.4) is 0 Å². The number of rotatable bonds is 7. The van der Waals surface area contributed by atoms with E-state index >= 15 is 0 Å². The lowest BCUT2D eigenvalue weighted by molar-refractivity contribution is -0.136. The lowest BCUT2D eigenvalue weighted by atomic mass is 10.1. The zero-order valence-electron chi connectivity index (χ0n) is 16.9. The number of carbonyl (C=O) groups is 2. The number of hydrogen-bond donors (Lipinski definition) is 4. The number of carboxylic acid groups (broad SMARTS) is 1. The molecule has 5 N–H and O–H groups in total. The maximum atomic E-state index is 11.6. The van der Waals surface area contributed by atoms with Crippen molar-refractivity contribution in [2.24, 2.45) is 10.8 Å². The number of nitrogens with one attached hydrogen (secondary N) is 2. The zero-order chi connectivity index (χ0) is 22.0. The van der Waals surface area contributed by atoms with E-state index in [1.807, 2.05) is 54.0 Å². The van der Waals surface area contributed by atoms with Crippen molar-refractivity contribution in [3.05, 3.63) is 71.4 Å². The van der Waals surface area contributed by atoms with Gasteiger partial charge in [-0.25, -0.2) is 10.5 Å². The van der Waals surface area contributed by atoms with Gasteiger partial charge in [0.15, 0.2) is 0 Å². The number of hydrazine groups is 2. The average molecular weight is 418 g/mol. The standard InChI is InChI=1S/C22H22N6O3/c1-14-12-16(22(23)31)4-9-19(14)28-18(8-11-21(29)30)7-10-20(28)15-2-5-17(6-3-15)27-13-24-25-26-27/h2-7,9-10,12-13,25-26H,8,11H2,1H3,(H2,23,31)(H,29,30). The number of benzene rings is 2. The van der Waals surface area contributed by atoms with E-state index in [4.69, 9.17) is 10.8 Å². The molecule has 9 heteroatoms. The number of anilines is 1. The van der Waals surface area contributed by atoms with E-state index < -0.39 is 11.9 Å². The van der Waals surface area contributed by atoms with Gasteiger partial charge in [0.25, 0.3) is 0 Å². The molecule has 0 unspecified atom stereocenters. The Morgan fingerprint density at radius 3 is 2.48 bits per heavy atom. The summed E-state index contributed by atoms with van der Waals surface area (Å²) in [7, 11) is 0. The van der Waals surface area contributed by atoms with Crippen LogP contribution in [-0.2, 0) is 11.2 Å². The number of nitrogens with zero attached hydrogens (tertiary/aromatic N) is 3. The first kappa shape index (κ1) is 20.2. The summed E-state index contributed by atoms with van der Waals surface area (Å²) in [5, 5.41) is 14.8. The van der Waals surface area contributed by atoms with Crippen molar-refractivity contribution < 1.29 is 14.7 Å². The third-order valence-corrected chi connectivity index (χ3v) is 5.13. The van der Waals surface area contributed by atoms with Gasteiger partial charge in [-0.05, 0) is 66.9 Å². The molecule has 0 saturated carbocycles. The lowest BCUT2D eigenvalue weighted by Crippen LogP contribution is -2.37. The summed E-state index contributed by atoms with van der Waals surface area (Å²) in [6, 6.07) is 17.1. The summed E-state index contributed by atoms with van der Waals surface area (Å²) in [6.07, 6.45) is 2.03. The van der Waals surface area contributed by atoms with Gasteiger partial charge in [-0.15, -0.1) is 5.53 Å². The number of aliphatic carboxylic acids is 1. The fourth-order valence-electron chi connectivity index (χ4n) is 3.60. The Morgan fingerprint density at radius 1 is 1.10 bits per heavy atom. The number of hydrogen-bond acceptors (Lipinski definition) is 6. The highest BCUT2D eigenvalue weighted by Crippen LogP contribution is 2.30. The van der Waals surface area contributed by atoms with Gasteiger partial charge in [0.1, 0.15) is 6.34 Å². The van der Waals surface area contributed by atoms with Crippen molar-refractivity contribution in [3.8, 4) is 16.9 Å². The summed E-state index contributed by atoms with van der Waals surface area (Å²) >= 11 is 0. The van der Waals surface area contributed by atoms with Gasteiger partial charge < -0.3 is 15.4 Å². The average Bonchev–Trinajstić information content (AvgIpc) is 3.42. The van der Waals surface area contributed by atoms with Gasteiger partial charge in [0.2, 0.25) is 5.91 Å². The molecule has 2 aromatic carbocycles. The Morgan fingerprint density at radius 2 is 1.87 bits per heavy atom. The van der Waals surface area contributed by atoms with Crippen LogP contribution in [0.4, 0.5) is 5.69 Å². The molecule has 0 spiro atoms. The molecule has 0 fully saturated rings. The number of carbonyl (C=O) groups excluding carboxylic acids is 1. The highest BCUT2D eigenvalue weighted by molar-refractivity contribution is 5.93. The molecule has 31 heavy (non-hydrogen) atoms. The van der Waals surface area contributed by atoms with E-state index in [-0.39, 0.29) is 6.42 Å². The Labute approximate surface area is 178 Å². The molecule has 0 saturated heterocycles. The normalized spacial score (nSPS) is 12.7. The molecule has 2 heterocycles. The van der Waals surface area contributed by atoms with Crippen LogP contribution in [0.2, 0.25) is 0 Å². The van der Waals surface area contributed by atoms with Gasteiger partial charge in [-0.2, -0.15) is 5.10 Å². The van der Waals surface area contributed by atoms with Crippen molar-refractivity contribution >= 4 is 23.9 Å². The molecule has 158 valence electrons. The molecular formula is C22H22N6O3. The van der Waals surface area contributed by atoms with Crippen LogP contribution < -0.4 is 21.8 Å². The molecular weight excluding hydrogens is 396 g/mol. The van der Waals surface area contributed by atoms with Crippen molar-refractivity contribution in [2.45, 2.75) is 19.8 Å². The van der Waals surface area contributed by atoms with Crippen LogP contribution in [0.5, 0.6) is 0 Å². The largest absolute Gasteiger partial charge is 0.481 e. The smallest absolute Gasteiger partial charge is 0.303 e. The SMILES string of the molecule is Cc1cc(C(N)=O)ccc1-n1c(CCC(=O)O)ccc1-c1ccc(N2C=NNN2)cc1. The fraction of sp³-hybridized carbons (Fsp3) is 0.136.